The number of piperidine rings is 1. The molecule has 0 amide bonds. The van der Waals surface area contributed by atoms with E-state index in [9.17, 15) is 0 Å². The number of hydrogen-bond acceptors (Lipinski definition) is 6. The van der Waals surface area contributed by atoms with Crippen LogP contribution < -0.4 is 16.6 Å². The SMILES string of the molecule is CCCN1CCC(Nc2cc(C)nc(NN)n2)CC1. The topological polar surface area (TPSA) is 79.1 Å². The van der Waals surface area contributed by atoms with E-state index < -0.39 is 0 Å². The van der Waals surface area contributed by atoms with Gasteiger partial charge in [-0.1, -0.05) is 6.92 Å². The predicted octanol–water partition coefficient (Wildman–Crippen LogP) is 1.36. The molecule has 1 fully saturated rings. The van der Waals surface area contributed by atoms with Crippen molar-refractivity contribution >= 4 is 11.8 Å². The van der Waals surface area contributed by atoms with Crippen molar-refractivity contribution in [3.8, 4) is 0 Å². The van der Waals surface area contributed by atoms with E-state index >= 15 is 0 Å². The Kier molecular flexibility index (Phi) is 4.93. The first kappa shape index (κ1) is 14.0. The lowest BCUT2D eigenvalue weighted by Crippen LogP contribution is -2.39. The van der Waals surface area contributed by atoms with Crippen LogP contribution in [0.1, 0.15) is 31.9 Å². The van der Waals surface area contributed by atoms with Crippen LogP contribution in [-0.4, -0.2) is 40.5 Å². The molecule has 4 N–H and O–H groups in total. The maximum Gasteiger partial charge on any atom is 0.239 e. The fraction of sp³-hybridized carbons (Fsp3) is 0.692. The van der Waals surface area contributed by atoms with Gasteiger partial charge in [0.2, 0.25) is 5.95 Å². The van der Waals surface area contributed by atoms with E-state index in [1.807, 2.05) is 13.0 Å². The van der Waals surface area contributed by atoms with Crippen LogP contribution in [0.3, 0.4) is 0 Å². The summed E-state index contributed by atoms with van der Waals surface area (Å²) in [4.78, 5) is 11.0. The molecule has 1 aromatic heterocycles. The highest BCUT2D eigenvalue weighted by molar-refractivity contribution is 5.42. The van der Waals surface area contributed by atoms with Crippen molar-refractivity contribution in [2.45, 2.75) is 39.2 Å². The molecular formula is C13H24N6. The quantitative estimate of drug-likeness (QED) is 0.550. The van der Waals surface area contributed by atoms with Gasteiger partial charge in [-0.25, -0.2) is 10.8 Å². The van der Waals surface area contributed by atoms with Crippen molar-refractivity contribution in [1.29, 1.82) is 0 Å². The van der Waals surface area contributed by atoms with Crippen molar-refractivity contribution in [3.63, 3.8) is 0 Å². The van der Waals surface area contributed by atoms with E-state index in [1.165, 1.54) is 13.0 Å². The Hall–Kier alpha value is -1.40. The van der Waals surface area contributed by atoms with Crippen LogP contribution >= 0.6 is 0 Å². The van der Waals surface area contributed by atoms with Crippen LogP contribution in [0.5, 0.6) is 0 Å². The first-order valence-electron chi connectivity index (χ1n) is 7.02. The Morgan fingerprint density at radius 2 is 2.11 bits per heavy atom. The van der Waals surface area contributed by atoms with E-state index in [2.05, 4.69) is 32.5 Å². The van der Waals surface area contributed by atoms with Gasteiger partial charge in [0, 0.05) is 30.9 Å². The molecule has 0 atom stereocenters. The summed E-state index contributed by atoms with van der Waals surface area (Å²) in [5.74, 6) is 6.68. The predicted molar refractivity (Wildman–Crippen MR) is 78.0 cm³/mol. The Balaban J connectivity index is 1.90. The molecule has 0 unspecified atom stereocenters. The normalized spacial score (nSPS) is 17.4. The maximum atomic E-state index is 5.36. The molecule has 0 spiro atoms. The van der Waals surface area contributed by atoms with Crippen molar-refractivity contribution in [2.24, 2.45) is 5.84 Å². The number of aryl methyl sites for hydroxylation is 1. The standard InChI is InChI=1S/C13H24N6/c1-3-6-19-7-4-11(5-8-19)16-12-9-10(2)15-13(17-12)18-14/h9,11H,3-8,14H2,1-2H3,(H2,15,16,17,18). The number of likely N-dealkylation sites (tertiary alicyclic amines) is 1. The van der Waals surface area contributed by atoms with Crippen molar-refractivity contribution < 1.29 is 0 Å². The number of nitrogen functional groups attached to an aromatic ring is 1. The summed E-state index contributed by atoms with van der Waals surface area (Å²) in [6.07, 6.45) is 3.55. The third-order valence-corrected chi connectivity index (χ3v) is 3.46. The lowest BCUT2D eigenvalue weighted by Gasteiger charge is -2.32. The minimum Gasteiger partial charge on any atom is -0.367 e. The second kappa shape index (κ2) is 6.68. The molecule has 106 valence electrons. The third kappa shape index (κ3) is 4.04. The Bertz CT molecular complexity index is 400. The zero-order valence-corrected chi connectivity index (χ0v) is 11.8. The molecule has 0 bridgehead atoms. The monoisotopic (exact) mass is 264 g/mol. The Morgan fingerprint density at radius 1 is 1.37 bits per heavy atom. The summed E-state index contributed by atoms with van der Waals surface area (Å²) in [5.41, 5.74) is 3.41. The second-order valence-corrected chi connectivity index (χ2v) is 5.12. The molecule has 0 aliphatic carbocycles. The average molecular weight is 264 g/mol. The van der Waals surface area contributed by atoms with E-state index in [0.717, 1.165) is 37.4 Å². The van der Waals surface area contributed by atoms with E-state index in [4.69, 9.17) is 5.84 Å². The number of hydrazine groups is 1. The van der Waals surface area contributed by atoms with Gasteiger partial charge in [0.15, 0.2) is 0 Å². The molecule has 1 aliphatic rings. The summed E-state index contributed by atoms with van der Waals surface area (Å²) in [7, 11) is 0. The molecule has 2 heterocycles. The van der Waals surface area contributed by atoms with E-state index in [-0.39, 0.29) is 0 Å². The highest BCUT2D eigenvalue weighted by Crippen LogP contribution is 2.16. The summed E-state index contributed by atoms with van der Waals surface area (Å²) in [5, 5.41) is 3.49. The Morgan fingerprint density at radius 3 is 2.74 bits per heavy atom. The number of nitrogens with two attached hydrogens (primary N) is 1. The minimum atomic E-state index is 0.464. The van der Waals surface area contributed by atoms with Gasteiger partial charge in [-0.3, -0.25) is 5.43 Å². The Labute approximate surface area is 114 Å². The largest absolute Gasteiger partial charge is 0.367 e. The van der Waals surface area contributed by atoms with Gasteiger partial charge in [-0.15, -0.1) is 0 Å². The lowest BCUT2D eigenvalue weighted by atomic mass is 10.0. The fourth-order valence-corrected chi connectivity index (χ4v) is 2.53. The van der Waals surface area contributed by atoms with Gasteiger partial charge in [-0.2, -0.15) is 4.98 Å². The molecule has 0 radical (unpaired) electrons. The van der Waals surface area contributed by atoms with Gasteiger partial charge in [0.25, 0.3) is 0 Å². The van der Waals surface area contributed by atoms with Crippen LogP contribution in [0.2, 0.25) is 0 Å². The fourth-order valence-electron chi connectivity index (χ4n) is 2.53. The zero-order chi connectivity index (χ0) is 13.7. The second-order valence-electron chi connectivity index (χ2n) is 5.12. The van der Waals surface area contributed by atoms with E-state index in [0.29, 0.717) is 12.0 Å². The van der Waals surface area contributed by atoms with Crippen LogP contribution in [0.15, 0.2) is 6.07 Å². The highest BCUT2D eigenvalue weighted by Gasteiger charge is 2.18. The molecule has 19 heavy (non-hydrogen) atoms. The molecule has 1 saturated heterocycles. The smallest absolute Gasteiger partial charge is 0.239 e. The van der Waals surface area contributed by atoms with Gasteiger partial charge in [-0.05, 0) is 32.7 Å². The van der Waals surface area contributed by atoms with Crippen molar-refractivity contribution in [3.05, 3.63) is 11.8 Å². The van der Waals surface area contributed by atoms with Crippen molar-refractivity contribution in [2.75, 3.05) is 30.4 Å². The molecule has 1 aromatic rings. The minimum absolute atomic E-state index is 0.464. The van der Waals surface area contributed by atoms with Crippen LogP contribution in [-0.2, 0) is 0 Å². The van der Waals surface area contributed by atoms with Crippen LogP contribution in [0.25, 0.3) is 0 Å². The van der Waals surface area contributed by atoms with E-state index in [1.54, 1.807) is 0 Å². The first-order valence-corrected chi connectivity index (χ1v) is 7.02. The summed E-state index contributed by atoms with van der Waals surface area (Å²) >= 11 is 0. The number of hydrogen-bond donors (Lipinski definition) is 3. The van der Waals surface area contributed by atoms with Crippen LogP contribution in [0, 0.1) is 6.92 Å². The first-order chi connectivity index (χ1) is 9.21. The number of nitrogens with zero attached hydrogens (tertiary/aromatic N) is 3. The van der Waals surface area contributed by atoms with Gasteiger partial charge >= 0.3 is 0 Å². The molecule has 2 rings (SSSR count). The average Bonchev–Trinajstić information content (AvgIpc) is 2.40. The van der Waals surface area contributed by atoms with Crippen molar-refractivity contribution in [1.82, 2.24) is 14.9 Å². The van der Waals surface area contributed by atoms with Gasteiger partial charge in [0.1, 0.15) is 5.82 Å². The zero-order valence-electron chi connectivity index (χ0n) is 11.8. The highest BCUT2D eigenvalue weighted by atomic mass is 15.3. The molecule has 6 nitrogen and oxygen atoms in total. The molecular weight excluding hydrogens is 240 g/mol. The number of rotatable bonds is 5. The molecule has 6 heteroatoms. The lowest BCUT2D eigenvalue weighted by molar-refractivity contribution is 0.219. The third-order valence-electron chi connectivity index (χ3n) is 3.46. The summed E-state index contributed by atoms with van der Waals surface area (Å²) in [6.45, 7) is 7.71. The molecule has 1 aliphatic heterocycles. The maximum absolute atomic E-state index is 5.36. The number of anilines is 2. The summed E-state index contributed by atoms with van der Waals surface area (Å²) < 4.78 is 0. The number of nitrogens with one attached hydrogen (secondary N) is 2. The van der Waals surface area contributed by atoms with Crippen LogP contribution in [0.4, 0.5) is 11.8 Å². The summed E-state index contributed by atoms with van der Waals surface area (Å²) in [6, 6.07) is 2.45. The van der Waals surface area contributed by atoms with Gasteiger partial charge < -0.3 is 10.2 Å². The molecule has 0 aromatic carbocycles. The van der Waals surface area contributed by atoms with Gasteiger partial charge in [0.05, 0.1) is 0 Å². The number of aromatic nitrogens is 2. The molecule has 0 saturated carbocycles.